The first-order valence-electron chi connectivity index (χ1n) is 9.72. The SMILES string of the molecule is Cc1ccc(Cc2nnc(-c3ccc(NC4CCCCC4)c(N)c3)o2)cc1. The molecule has 1 aliphatic rings. The zero-order valence-electron chi connectivity index (χ0n) is 15.7. The van der Waals surface area contributed by atoms with Gasteiger partial charge >= 0.3 is 0 Å². The van der Waals surface area contributed by atoms with Gasteiger partial charge in [0.15, 0.2) is 0 Å². The van der Waals surface area contributed by atoms with E-state index in [1.807, 2.05) is 18.2 Å². The van der Waals surface area contributed by atoms with Gasteiger partial charge in [-0.15, -0.1) is 10.2 Å². The summed E-state index contributed by atoms with van der Waals surface area (Å²) in [5.74, 6) is 1.12. The molecule has 27 heavy (non-hydrogen) atoms. The van der Waals surface area contributed by atoms with Gasteiger partial charge in [-0.3, -0.25) is 0 Å². The molecule has 1 aromatic heterocycles. The van der Waals surface area contributed by atoms with Crippen LogP contribution in [0.5, 0.6) is 0 Å². The summed E-state index contributed by atoms with van der Waals surface area (Å²) in [7, 11) is 0. The first-order valence-corrected chi connectivity index (χ1v) is 9.72. The Hall–Kier alpha value is -2.82. The van der Waals surface area contributed by atoms with Crippen molar-refractivity contribution in [3.05, 3.63) is 59.5 Å². The Kier molecular flexibility index (Phi) is 5.10. The lowest BCUT2D eigenvalue weighted by molar-refractivity contribution is 0.463. The zero-order chi connectivity index (χ0) is 18.6. The van der Waals surface area contributed by atoms with E-state index in [-0.39, 0.29) is 0 Å². The Morgan fingerprint density at radius 1 is 1.04 bits per heavy atom. The van der Waals surface area contributed by atoms with Gasteiger partial charge in [0.05, 0.1) is 17.8 Å². The molecule has 1 aliphatic carbocycles. The molecule has 0 saturated heterocycles. The Labute approximate surface area is 160 Å². The van der Waals surface area contributed by atoms with E-state index in [4.69, 9.17) is 10.2 Å². The van der Waals surface area contributed by atoms with Crippen LogP contribution in [0.1, 0.15) is 49.1 Å². The molecular formula is C22H26N4O. The number of hydrogen-bond acceptors (Lipinski definition) is 5. The number of nitrogens with one attached hydrogen (secondary N) is 1. The van der Waals surface area contributed by atoms with E-state index in [1.165, 1.54) is 37.7 Å². The van der Waals surface area contributed by atoms with Crippen LogP contribution >= 0.6 is 0 Å². The molecule has 4 rings (SSSR count). The normalized spacial score (nSPS) is 15.0. The molecule has 0 unspecified atom stereocenters. The molecular weight excluding hydrogens is 336 g/mol. The van der Waals surface area contributed by atoms with E-state index >= 15 is 0 Å². The van der Waals surface area contributed by atoms with Crippen LogP contribution in [0.25, 0.3) is 11.5 Å². The van der Waals surface area contributed by atoms with E-state index in [0.29, 0.717) is 24.2 Å². The van der Waals surface area contributed by atoms with Gasteiger partial charge < -0.3 is 15.5 Å². The van der Waals surface area contributed by atoms with Crippen LogP contribution in [-0.4, -0.2) is 16.2 Å². The third kappa shape index (κ3) is 4.30. The van der Waals surface area contributed by atoms with E-state index in [2.05, 4.69) is 46.7 Å². The van der Waals surface area contributed by atoms with E-state index in [9.17, 15) is 0 Å². The van der Waals surface area contributed by atoms with Gasteiger partial charge in [-0.05, 0) is 43.5 Å². The molecule has 0 bridgehead atoms. The minimum absolute atomic E-state index is 0.507. The number of aryl methyl sites for hydroxylation is 1. The van der Waals surface area contributed by atoms with Crippen LogP contribution in [-0.2, 0) is 6.42 Å². The van der Waals surface area contributed by atoms with Gasteiger partial charge in [0.1, 0.15) is 0 Å². The van der Waals surface area contributed by atoms with Gasteiger partial charge in [0.2, 0.25) is 11.8 Å². The van der Waals surface area contributed by atoms with Crippen LogP contribution in [0.2, 0.25) is 0 Å². The van der Waals surface area contributed by atoms with Crippen molar-refractivity contribution in [3.63, 3.8) is 0 Å². The number of aromatic nitrogens is 2. The predicted molar refractivity (Wildman–Crippen MR) is 109 cm³/mol. The molecule has 1 heterocycles. The summed E-state index contributed by atoms with van der Waals surface area (Å²) in [6.07, 6.45) is 6.99. The number of nitrogens with two attached hydrogens (primary N) is 1. The van der Waals surface area contributed by atoms with Crippen molar-refractivity contribution in [2.24, 2.45) is 0 Å². The smallest absolute Gasteiger partial charge is 0.247 e. The van der Waals surface area contributed by atoms with Crippen LogP contribution in [0, 0.1) is 6.92 Å². The quantitative estimate of drug-likeness (QED) is 0.627. The minimum atomic E-state index is 0.507. The fraction of sp³-hybridized carbons (Fsp3) is 0.364. The van der Waals surface area contributed by atoms with E-state index in [0.717, 1.165) is 22.5 Å². The fourth-order valence-electron chi connectivity index (χ4n) is 3.62. The lowest BCUT2D eigenvalue weighted by atomic mass is 9.95. The van der Waals surface area contributed by atoms with E-state index in [1.54, 1.807) is 0 Å². The highest BCUT2D eigenvalue weighted by molar-refractivity contribution is 5.73. The lowest BCUT2D eigenvalue weighted by Crippen LogP contribution is -2.22. The highest BCUT2D eigenvalue weighted by Gasteiger charge is 2.15. The van der Waals surface area contributed by atoms with Crippen molar-refractivity contribution >= 4 is 11.4 Å². The summed E-state index contributed by atoms with van der Waals surface area (Å²) in [5.41, 5.74) is 11.2. The maximum absolute atomic E-state index is 6.27. The fourth-order valence-corrected chi connectivity index (χ4v) is 3.62. The summed E-state index contributed by atoms with van der Waals surface area (Å²) >= 11 is 0. The largest absolute Gasteiger partial charge is 0.420 e. The van der Waals surface area contributed by atoms with Crippen LogP contribution in [0.15, 0.2) is 46.9 Å². The topological polar surface area (TPSA) is 77.0 Å². The lowest BCUT2D eigenvalue weighted by Gasteiger charge is -2.24. The Balaban J connectivity index is 1.46. The van der Waals surface area contributed by atoms with Crippen molar-refractivity contribution < 1.29 is 4.42 Å². The molecule has 0 atom stereocenters. The number of nitrogens with zero attached hydrogens (tertiary/aromatic N) is 2. The van der Waals surface area contributed by atoms with Crippen molar-refractivity contribution in [3.8, 4) is 11.5 Å². The van der Waals surface area contributed by atoms with Crippen LogP contribution < -0.4 is 11.1 Å². The summed E-state index contributed by atoms with van der Waals surface area (Å²) in [6.45, 7) is 2.08. The number of anilines is 2. The van der Waals surface area contributed by atoms with Gasteiger partial charge in [-0.25, -0.2) is 0 Å². The summed E-state index contributed by atoms with van der Waals surface area (Å²) in [6, 6.07) is 14.8. The predicted octanol–water partition coefficient (Wildman–Crippen LogP) is 4.96. The second-order valence-corrected chi connectivity index (χ2v) is 7.44. The molecule has 3 N–H and O–H groups in total. The van der Waals surface area contributed by atoms with Gasteiger partial charge in [0, 0.05) is 11.6 Å². The maximum Gasteiger partial charge on any atom is 0.247 e. The molecule has 5 heteroatoms. The maximum atomic E-state index is 6.27. The number of hydrogen-bond donors (Lipinski definition) is 2. The second kappa shape index (κ2) is 7.82. The zero-order valence-corrected chi connectivity index (χ0v) is 15.7. The highest BCUT2D eigenvalue weighted by atomic mass is 16.4. The third-order valence-corrected chi connectivity index (χ3v) is 5.21. The molecule has 0 amide bonds. The number of benzene rings is 2. The minimum Gasteiger partial charge on any atom is -0.420 e. The molecule has 1 fully saturated rings. The standard InChI is InChI=1S/C22H26N4O/c1-15-7-9-16(10-8-15)13-21-25-26-22(27-21)17-11-12-20(19(23)14-17)24-18-5-3-2-4-6-18/h7-12,14,18,24H,2-6,13,23H2,1H3. The van der Waals surface area contributed by atoms with Gasteiger partial charge in [0.25, 0.3) is 0 Å². The first kappa shape index (κ1) is 17.6. The molecule has 0 aliphatic heterocycles. The second-order valence-electron chi connectivity index (χ2n) is 7.44. The molecule has 0 radical (unpaired) electrons. The Morgan fingerprint density at radius 2 is 1.81 bits per heavy atom. The van der Waals surface area contributed by atoms with Crippen molar-refractivity contribution in [2.75, 3.05) is 11.1 Å². The summed E-state index contributed by atoms with van der Waals surface area (Å²) in [4.78, 5) is 0. The average molecular weight is 362 g/mol. The average Bonchev–Trinajstić information content (AvgIpc) is 3.15. The van der Waals surface area contributed by atoms with Gasteiger partial charge in [-0.1, -0.05) is 49.1 Å². The monoisotopic (exact) mass is 362 g/mol. The van der Waals surface area contributed by atoms with Gasteiger partial charge in [-0.2, -0.15) is 0 Å². The highest BCUT2D eigenvalue weighted by Crippen LogP contribution is 2.29. The third-order valence-electron chi connectivity index (χ3n) is 5.21. The summed E-state index contributed by atoms with van der Waals surface area (Å²) in [5, 5.41) is 12.0. The van der Waals surface area contributed by atoms with Crippen molar-refractivity contribution in [1.29, 1.82) is 0 Å². The summed E-state index contributed by atoms with van der Waals surface area (Å²) < 4.78 is 5.85. The molecule has 140 valence electrons. The number of nitrogen functional groups attached to an aromatic ring is 1. The molecule has 3 aromatic rings. The first-order chi connectivity index (χ1) is 13.2. The van der Waals surface area contributed by atoms with E-state index < -0.39 is 0 Å². The van der Waals surface area contributed by atoms with Crippen LogP contribution in [0.3, 0.4) is 0 Å². The molecule has 5 nitrogen and oxygen atoms in total. The van der Waals surface area contributed by atoms with Crippen LogP contribution in [0.4, 0.5) is 11.4 Å². The molecule has 2 aromatic carbocycles. The van der Waals surface area contributed by atoms with Crippen molar-refractivity contribution in [1.82, 2.24) is 10.2 Å². The van der Waals surface area contributed by atoms with Crippen molar-refractivity contribution in [2.45, 2.75) is 51.5 Å². The molecule has 0 spiro atoms. The molecule has 1 saturated carbocycles. The Bertz CT molecular complexity index is 895. The number of rotatable bonds is 5. The Morgan fingerprint density at radius 3 is 2.56 bits per heavy atom.